The number of anilines is 4. The van der Waals surface area contributed by atoms with E-state index in [-0.39, 0.29) is 0 Å². The molecule has 67 heavy (non-hydrogen) atoms. The lowest BCUT2D eigenvalue weighted by Crippen LogP contribution is -2.75. The zero-order chi connectivity index (χ0) is 46.4. The normalized spacial score (nSPS) is 13.4. The van der Waals surface area contributed by atoms with Crippen LogP contribution in [0.5, 0.6) is 0 Å². The predicted molar refractivity (Wildman–Crippen MR) is 283 cm³/mol. The molecule has 2 aromatic heterocycles. The van der Waals surface area contributed by atoms with E-state index < -0.39 is 8.40 Å². The Labute approximate surface area is 398 Å². The summed E-state index contributed by atoms with van der Waals surface area (Å²) in [5.41, 5.74) is 14.3. The van der Waals surface area contributed by atoms with Gasteiger partial charge in [0.2, 0.25) is 0 Å². The molecule has 0 radical (unpaired) electrons. The Kier molecular flexibility index (Phi) is 11.6. The van der Waals surface area contributed by atoms with Crippen molar-refractivity contribution < 1.29 is 0 Å². The quantitative estimate of drug-likeness (QED) is 0.115. The summed E-state index contributed by atoms with van der Waals surface area (Å²) in [5.74, 6) is 3.18. The summed E-state index contributed by atoms with van der Waals surface area (Å²) in [4.78, 5) is 10.3. The first-order chi connectivity index (χ1) is 32.6. The van der Waals surface area contributed by atoms with Gasteiger partial charge in [-0.05, 0) is 98.8 Å². The maximum Gasteiger partial charge on any atom is 0.340 e. The van der Waals surface area contributed by atoms with Crippen molar-refractivity contribution in [1.29, 1.82) is 0 Å². The molecule has 10 rings (SSSR count). The van der Waals surface area contributed by atoms with Crippen molar-refractivity contribution in [1.82, 2.24) is 19.1 Å². The number of imidazole rings is 2. The van der Waals surface area contributed by atoms with Gasteiger partial charge in [0, 0.05) is 47.3 Å². The van der Waals surface area contributed by atoms with Gasteiger partial charge in [-0.15, -0.1) is 0 Å². The van der Waals surface area contributed by atoms with Crippen LogP contribution in [0.1, 0.15) is 101 Å². The number of para-hydroxylation sites is 3. The molecular formula is C60H60N6Si. The topological polar surface area (TPSA) is 42.1 Å². The number of hydrogen-bond acceptors (Lipinski definition) is 4. The molecule has 0 bridgehead atoms. The molecule has 6 nitrogen and oxygen atoms in total. The van der Waals surface area contributed by atoms with Crippen molar-refractivity contribution in [2.45, 2.75) is 79.1 Å². The lowest BCUT2D eigenvalue weighted by molar-refractivity contribution is 0.806. The highest BCUT2D eigenvalue weighted by Crippen LogP contribution is 2.52. The molecule has 7 heteroatoms. The lowest BCUT2D eigenvalue weighted by atomic mass is 9.92. The van der Waals surface area contributed by atoms with Crippen molar-refractivity contribution >= 4 is 41.5 Å². The number of nitrogens with zero attached hydrogens (tertiary/aromatic N) is 6. The van der Waals surface area contributed by atoms with Gasteiger partial charge in [0.15, 0.2) is 0 Å². The van der Waals surface area contributed by atoms with Gasteiger partial charge in [-0.1, -0.05) is 183 Å². The fourth-order valence-electron chi connectivity index (χ4n) is 10.5. The SMILES string of the molecule is CC(C)c1cccc(C(C)C)c1-n1ccnc1-c1cccc(N2c3cc(-c4nccn4-c4c(C(C)C)cccc4C(C)C)ccc3N(c3ccccc3)[Si]2(c2ccccc2)c2ccccc2)c1. The standard InChI is InChI=1S/C60H60N6Si/c1-41(2)51-29-19-30-52(42(3)4)57(51)63-37-35-61-59(63)45-21-18-24-48(39-45)66-56-40-46(60-62-36-38-64(60)58-53(43(5)6)31-20-32-54(58)44(7)8)33-34-55(56)65(47-22-12-9-13-23-47)67(66,49-25-14-10-15-26-49)50-27-16-11-17-28-50/h9-44H,1-8H3. The summed E-state index contributed by atoms with van der Waals surface area (Å²) in [6.45, 7) is 18.3. The molecule has 0 saturated carbocycles. The number of fused-ring (bicyclic) bond motifs is 1. The highest BCUT2D eigenvalue weighted by atomic mass is 28.3. The zero-order valence-corrected chi connectivity index (χ0v) is 41.0. The van der Waals surface area contributed by atoms with Gasteiger partial charge in [-0.3, -0.25) is 9.13 Å². The maximum absolute atomic E-state index is 5.17. The zero-order valence-electron chi connectivity index (χ0n) is 40.0. The van der Waals surface area contributed by atoms with Crippen molar-refractivity contribution in [2.24, 2.45) is 0 Å². The Morgan fingerprint density at radius 1 is 0.373 bits per heavy atom. The van der Waals surface area contributed by atoms with E-state index in [4.69, 9.17) is 9.97 Å². The second kappa shape index (κ2) is 17.9. The minimum absolute atomic E-state index is 0.334. The minimum Gasteiger partial charge on any atom is -0.341 e. The van der Waals surface area contributed by atoms with Crippen LogP contribution in [0.4, 0.5) is 22.7 Å². The Balaban J connectivity index is 1.26. The van der Waals surface area contributed by atoms with E-state index in [0.717, 1.165) is 45.5 Å². The van der Waals surface area contributed by atoms with Crippen LogP contribution < -0.4 is 19.5 Å². The van der Waals surface area contributed by atoms with Crippen molar-refractivity contribution in [3.63, 3.8) is 0 Å². The van der Waals surface area contributed by atoms with Gasteiger partial charge in [0.05, 0.1) is 22.7 Å². The molecule has 0 unspecified atom stereocenters. The third kappa shape index (κ3) is 7.42. The van der Waals surface area contributed by atoms with E-state index >= 15 is 0 Å². The smallest absolute Gasteiger partial charge is 0.340 e. The molecule has 3 heterocycles. The largest absolute Gasteiger partial charge is 0.341 e. The summed E-state index contributed by atoms with van der Waals surface area (Å²) in [7, 11) is -3.28. The first-order valence-corrected chi connectivity index (χ1v) is 25.8. The fourth-order valence-corrected chi connectivity index (χ4v) is 15.5. The van der Waals surface area contributed by atoms with Crippen molar-refractivity contribution in [3.8, 4) is 34.2 Å². The Morgan fingerprint density at radius 2 is 0.776 bits per heavy atom. The van der Waals surface area contributed by atoms with Crippen LogP contribution in [0.3, 0.4) is 0 Å². The van der Waals surface area contributed by atoms with E-state index in [1.54, 1.807) is 0 Å². The van der Waals surface area contributed by atoms with Crippen LogP contribution in [0.2, 0.25) is 0 Å². The van der Waals surface area contributed by atoms with E-state index in [9.17, 15) is 0 Å². The Hall–Kier alpha value is -7.22. The molecular weight excluding hydrogens is 833 g/mol. The number of rotatable bonds is 12. The summed E-state index contributed by atoms with van der Waals surface area (Å²) >= 11 is 0. The molecule has 1 aliphatic rings. The highest BCUT2D eigenvalue weighted by Gasteiger charge is 2.57. The lowest BCUT2D eigenvalue weighted by Gasteiger charge is -2.44. The van der Waals surface area contributed by atoms with Gasteiger partial charge in [0.25, 0.3) is 0 Å². The Bertz CT molecular complexity index is 3070. The molecule has 0 amide bonds. The third-order valence-corrected chi connectivity index (χ3v) is 18.1. The molecule has 9 aromatic rings. The third-order valence-electron chi connectivity index (χ3n) is 13.5. The second-order valence-electron chi connectivity index (χ2n) is 19.1. The Morgan fingerprint density at radius 3 is 1.24 bits per heavy atom. The van der Waals surface area contributed by atoms with Crippen LogP contribution >= 0.6 is 0 Å². The van der Waals surface area contributed by atoms with E-state index in [1.807, 2.05) is 12.4 Å². The van der Waals surface area contributed by atoms with Crippen LogP contribution in [0, 0.1) is 0 Å². The van der Waals surface area contributed by atoms with Gasteiger partial charge in [-0.25, -0.2) is 9.97 Å². The molecule has 334 valence electrons. The number of aromatic nitrogens is 4. The molecule has 0 aliphatic carbocycles. The van der Waals surface area contributed by atoms with Crippen LogP contribution in [-0.2, 0) is 0 Å². The highest BCUT2D eigenvalue weighted by molar-refractivity contribution is 7.10. The molecule has 1 aliphatic heterocycles. The first-order valence-electron chi connectivity index (χ1n) is 23.9. The summed E-state index contributed by atoms with van der Waals surface area (Å²) in [6, 6.07) is 63.1. The van der Waals surface area contributed by atoms with Crippen molar-refractivity contribution in [2.75, 3.05) is 9.13 Å². The van der Waals surface area contributed by atoms with Gasteiger partial charge in [-0.2, -0.15) is 0 Å². The average Bonchev–Trinajstić information content (AvgIpc) is 4.12. The predicted octanol–water partition coefficient (Wildman–Crippen LogP) is 14.4. The van der Waals surface area contributed by atoms with Crippen molar-refractivity contribution in [3.05, 3.63) is 217 Å². The van der Waals surface area contributed by atoms with Gasteiger partial charge in [0.1, 0.15) is 11.6 Å². The molecule has 0 saturated heterocycles. The number of benzene rings is 7. The molecule has 0 fully saturated rings. The van der Waals surface area contributed by atoms with Gasteiger partial charge >= 0.3 is 8.40 Å². The maximum atomic E-state index is 5.17. The minimum atomic E-state index is -3.28. The number of hydrogen-bond donors (Lipinski definition) is 0. The van der Waals surface area contributed by atoms with Crippen LogP contribution in [0.15, 0.2) is 195 Å². The van der Waals surface area contributed by atoms with E-state index in [0.29, 0.717) is 23.7 Å². The fraction of sp³-hybridized carbons (Fsp3) is 0.200. The molecule has 0 spiro atoms. The summed E-state index contributed by atoms with van der Waals surface area (Å²) < 4.78 is 10.0. The summed E-state index contributed by atoms with van der Waals surface area (Å²) in [5, 5.41) is 2.55. The van der Waals surface area contributed by atoms with Crippen LogP contribution in [0.25, 0.3) is 34.2 Å². The monoisotopic (exact) mass is 892 g/mol. The summed E-state index contributed by atoms with van der Waals surface area (Å²) in [6.07, 6.45) is 8.19. The molecule has 0 atom stereocenters. The van der Waals surface area contributed by atoms with E-state index in [1.165, 1.54) is 44.0 Å². The second-order valence-corrected chi connectivity index (χ2v) is 22.5. The molecule has 0 N–H and O–H groups in total. The average molecular weight is 893 g/mol. The first kappa shape index (κ1) is 43.7. The molecule has 7 aromatic carbocycles. The van der Waals surface area contributed by atoms with Gasteiger partial charge < -0.3 is 9.13 Å². The van der Waals surface area contributed by atoms with Crippen LogP contribution in [-0.4, -0.2) is 27.5 Å². The van der Waals surface area contributed by atoms with E-state index in [2.05, 4.69) is 256 Å².